The van der Waals surface area contributed by atoms with Crippen molar-refractivity contribution in [3.8, 4) is 0 Å². The molecule has 1 atom stereocenters. The molecule has 0 saturated carbocycles. The minimum Gasteiger partial charge on any atom is -0.384 e. The van der Waals surface area contributed by atoms with Crippen LogP contribution in [0.25, 0.3) is 0 Å². The molecule has 2 aromatic rings. The quantitative estimate of drug-likeness (QED) is 0.887. The number of rotatable bonds is 5. The molecule has 2 rings (SSSR count). The summed E-state index contributed by atoms with van der Waals surface area (Å²) in [5.74, 6) is -1.38. The van der Waals surface area contributed by atoms with Crippen LogP contribution in [0.2, 0.25) is 0 Å². The highest BCUT2D eigenvalue weighted by atomic mass is 32.1. The number of benzene rings is 1. The lowest BCUT2D eigenvalue weighted by molar-refractivity contribution is 0.0529. The van der Waals surface area contributed by atoms with Crippen molar-refractivity contribution in [2.45, 2.75) is 26.0 Å². The van der Waals surface area contributed by atoms with E-state index in [1.807, 2.05) is 19.1 Å². The second-order valence-corrected chi connectivity index (χ2v) is 6.39. The molecule has 0 radical (unpaired) electrons. The maximum Gasteiger partial charge on any atom is 0.132 e. The van der Waals surface area contributed by atoms with E-state index in [2.05, 4.69) is 5.32 Å². The Bertz CT molecular complexity index is 595. The lowest BCUT2D eigenvalue weighted by Gasteiger charge is -2.24. The molecule has 1 aromatic heterocycles. The number of hydrogen-bond donors (Lipinski definition) is 2. The Labute approximate surface area is 121 Å². The van der Waals surface area contributed by atoms with Gasteiger partial charge in [-0.25, -0.2) is 8.78 Å². The van der Waals surface area contributed by atoms with Crippen LogP contribution >= 0.6 is 11.3 Å². The fourth-order valence-electron chi connectivity index (χ4n) is 2.03. The van der Waals surface area contributed by atoms with Crippen molar-refractivity contribution >= 4 is 11.3 Å². The number of nitrogens with one attached hydrogen (secondary N) is 1. The molecule has 1 aromatic carbocycles. The summed E-state index contributed by atoms with van der Waals surface area (Å²) < 4.78 is 26.5. The van der Waals surface area contributed by atoms with Gasteiger partial charge in [-0.2, -0.15) is 0 Å². The van der Waals surface area contributed by atoms with Crippen LogP contribution < -0.4 is 5.32 Å². The summed E-state index contributed by atoms with van der Waals surface area (Å²) in [5.41, 5.74) is -1.29. The summed E-state index contributed by atoms with van der Waals surface area (Å²) in [6, 6.07) is 7.25. The van der Waals surface area contributed by atoms with Gasteiger partial charge in [0.15, 0.2) is 0 Å². The molecular formula is C15H17F2NOS. The van der Waals surface area contributed by atoms with Crippen molar-refractivity contribution < 1.29 is 13.9 Å². The Morgan fingerprint density at radius 2 is 2.00 bits per heavy atom. The Hall–Kier alpha value is -1.30. The van der Waals surface area contributed by atoms with Gasteiger partial charge in [-0.3, -0.25) is 0 Å². The van der Waals surface area contributed by atoms with E-state index in [9.17, 15) is 13.9 Å². The Morgan fingerprint density at radius 3 is 2.60 bits per heavy atom. The van der Waals surface area contributed by atoms with E-state index >= 15 is 0 Å². The van der Waals surface area contributed by atoms with Gasteiger partial charge in [-0.1, -0.05) is 6.07 Å². The van der Waals surface area contributed by atoms with Crippen LogP contribution in [0.1, 0.15) is 22.2 Å². The first-order chi connectivity index (χ1) is 9.38. The SMILES string of the molecule is Cc1ccc(CNCC(C)(O)c2ccc(F)cc2F)s1. The van der Waals surface area contributed by atoms with E-state index in [4.69, 9.17) is 0 Å². The Kier molecular flexibility index (Phi) is 4.52. The highest BCUT2D eigenvalue weighted by Crippen LogP contribution is 2.24. The lowest BCUT2D eigenvalue weighted by atomic mass is 9.95. The molecule has 0 amide bonds. The number of thiophene rings is 1. The zero-order valence-corrected chi connectivity index (χ0v) is 12.2. The monoisotopic (exact) mass is 297 g/mol. The first-order valence-electron chi connectivity index (χ1n) is 6.32. The van der Waals surface area contributed by atoms with E-state index in [1.54, 1.807) is 11.3 Å². The summed E-state index contributed by atoms with van der Waals surface area (Å²) in [7, 11) is 0. The van der Waals surface area contributed by atoms with Crippen LogP contribution in [0.15, 0.2) is 30.3 Å². The number of aliphatic hydroxyl groups is 1. The summed E-state index contributed by atoms with van der Waals surface area (Å²) in [6.45, 7) is 4.33. The van der Waals surface area contributed by atoms with Crippen LogP contribution in [-0.2, 0) is 12.1 Å². The van der Waals surface area contributed by atoms with Gasteiger partial charge in [0.1, 0.15) is 17.2 Å². The second kappa shape index (κ2) is 5.99. The molecule has 0 fully saturated rings. The summed E-state index contributed by atoms with van der Waals surface area (Å²) in [4.78, 5) is 2.37. The Morgan fingerprint density at radius 1 is 1.25 bits per heavy atom. The summed E-state index contributed by atoms with van der Waals surface area (Å²) >= 11 is 1.67. The smallest absolute Gasteiger partial charge is 0.132 e. The van der Waals surface area contributed by atoms with Crippen LogP contribution in [0, 0.1) is 18.6 Å². The second-order valence-electron chi connectivity index (χ2n) is 5.01. The maximum absolute atomic E-state index is 13.7. The van der Waals surface area contributed by atoms with Crippen molar-refractivity contribution in [3.63, 3.8) is 0 Å². The molecule has 2 nitrogen and oxygen atoms in total. The van der Waals surface area contributed by atoms with Gasteiger partial charge in [0.25, 0.3) is 0 Å². The number of hydrogen-bond acceptors (Lipinski definition) is 3. The van der Waals surface area contributed by atoms with Gasteiger partial charge >= 0.3 is 0 Å². The molecule has 0 aliphatic heterocycles. The lowest BCUT2D eigenvalue weighted by Crippen LogP contribution is -2.35. The molecule has 2 N–H and O–H groups in total. The van der Waals surface area contributed by atoms with E-state index in [1.165, 1.54) is 17.9 Å². The van der Waals surface area contributed by atoms with Gasteiger partial charge in [0.2, 0.25) is 0 Å². The molecule has 0 aliphatic carbocycles. The van der Waals surface area contributed by atoms with Crippen molar-refractivity contribution in [1.29, 1.82) is 0 Å². The Balaban J connectivity index is 1.99. The largest absolute Gasteiger partial charge is 0.384 e. The van der Waals surface area contributed by atoms with Gasteiger partial charge in [0, 0.05) is 34.5 Å². The molecule has 0 spiro atoms. The topological polar surface area (TPSA) is 32.3 Å². The average Bonchev–Trinajstić information content (AvgIpc) is 2.74. The van der Waals surface area contributed by atoms with E-state index in [-0.39, 0.29) is 12.1 Å². The average molecular weight is 297 g/mol. The predicted molar refractivity (Wildman–Crippen MR) is 76.7 cm³/mol. The minimum atomic E-state index is -1.38. The highest BCUT2D eigenvalue weighted by molar-refractivity contribution is 7.11. The first kappa shape index (κ1) is 15.1. The minimum absolute atomic E-state index is 0.0914. The predicted octanol–water partition coefficient (Wildman–Crippen LogP) is 3.33. The number of aryl methyl sites for hydroxylation is 1. The molecule has 0 aliphatic rings. The van der Waals surface area contributed by atoms with E-state index in [0.29, 0.717) is 6.54 Å². The molecule has 1 unspecified atom stereocenters. The van der Waals surface area contributed by atoms with Gasteiger partial charge in [-0.15, -0.1) is 11.3 Å². The zero-order chi connectivity index (χ0) is 14.8. The molecule has 0 bridgehead atoms. The van der Waals surface area contributed by atoms with Crippen LogP contribution in [0.4, 0.5) is 8.78 Å². The van der Waals surface area contributed by atoms with E-state index < -0.39 is 17.2 Å². The first-order valence-corrected chi connectivity index (χ1v) is 7.14. The fraction of sp³-hybridized carbons (Fsp3) is 0.333. The third-order valence-corrected chi connectivity index (χ3v) is 4.08. The highest BCUT2D eigenvalue weighted by Gasteiger charge is 2.26. The number of halogens is 2. The van der Waals surface area contributed by atoms with Gasteiger partial charge < -0.3 is 10.4 Å². The molecule has 108 valence electrons. The van der Waals surface area contributed by atoms with Crippen molar-refractivity contribution in [2.75, 3.05) is 6.54 Å². The van der Waals surface area contributed by atoms with Crippen molar-refractivity contribution in [2.24, 2.45) is 0 Å². The molecule has 0 saturated heterocycles. The third-order valence-electron chi connectivity index (χ3n) is 3.08. The summed E-state index contributed by atoms with van der Waals surface area (Å²) in [5, 5.41) is 13.4. The third kappa shape index (κ3) is 3.62. The molecule has 20 heavy (non-hydrogen) atoms. The van der Waals surface area contributed by atoms with Crippen LogP contribution in [-0.4, -0.2) is 11.7 Å². The van der Waals surface area contributed by atoms with Crippen LogP contribution in [0.5, 0.6) is 0 Å². The van der Waals surface area contributed by atoms with E-state index in [0.717, 1.165) is 17.0 Å². The van der Waals surface area contributed by atoms with Crippen molar-refractivity contribution in [1.82, 2.24) is 5.32 Å². The molecule has 5 heteroatoms. The fourth-order valence-corrected chi connectivity index (χ4v) is 2.89. The van der Waals surface area contributed by atoms with Crippen LogP contribution in [0.3, 0.4) is 0 Å². The maximum atomic E-state index is 13.7. The molecule has 1 heterocycles. The zero-order valence-electron chi connectivity index (χ0n) is 11.4. The van der Waals surface area contributed by atoms with Crippen molar-refractivity contribution in [3.05, 3.63) is 57.3 Å². The van der Waals surface area contributed by atoms with Gasteiger partial charge in [0.05, 0.1) is 0 Å². The van der Waals surface area contributed by atoms with Gasteiger partial charge in [-0.05, 0) is 32.0 Å². The normalized spacial score (nSPS) is 14.2. The molecular weight excluding hydrogens is 280 g/mol. The standard InChI is InChI=1S/C15H17F2NOS/c1-10-3-5-12(20-10)8-18-9-15(2,19)13-6-4-11(16)7-14(13)17/h3-7,18-19H,8-9H2,1-2H3. The summed E-state index contributed by atoms with van der Waals surface area (Å²) in [6.07, 6.45) is 0.